The van der Waals surface area contributed by atoms with Gasteiger partial charge in [-0.15, -0.1) is 0 Å². The van der Waals surface area contributed by atoms with E-state index in [0.717, 1.165) is 15.4 Å². The van der Waals surface area contributed by atoms with E-state index in [1.54, 1.807) is 0 Å². The highest BCUT2D eigenvalue weighted by molar-refractivity contribution is 9.10. The molecule has 0 bridgehead atoms. The molecule has 1 aliphatic carbocycles. The second kappa shape index (κ2) is 6.49. The van der Waals surface area contributed by atoms with Crippen molar-refractivity contribution in [3.05, 3.63) is 28.2 Å². The third-order valence-corrected chi connectivity index (χ3v) is 5.26. The summed E-state index contributed by atoms with van der Waals surface area (Å²) in [6.45, 7) is 2.22. The first-order chi connectivity index (χ1) is 8.74. The third-order valence-electron chi connectivity index (χ3n) is 3.27. The molecule has 2 rings (SSSR count). The molecule has 0 radical (unpaired) electrons. The molecule has 0 saturated heterocycles. The molecule has 0 spiro atoms. The lowest BCUT2D eigenvalue weighted by atomic mass is 10.2. The Labute approximate surface area is 121 Å². The Morgan fingerprint density at radius 3 is 3.00 bits per heavy atom. The Balaban J connectivity index is 2.05. The molecule has 0 aliphatic heterocycles. The van der Waals surface area contributed by atoms with Crippen LogP contribution in [-0.2, 0) is 0 Å². The maximum atomic E-state index is 8.90. The van der Waals surface area contributed by atoms with E-state index in [4.69, 9.17) is 5.26 Å². The normalized spacial score (nSPS) is 22.7. The molecular weight excluding hydrogens is 308 g/mol. The fourth-order valence-electron chi connectivity index (χ4n) is 2.41. The van der Waals surface area contributed by atoms with Crippen LogP contribution in [0.3, 0.4) is 0 Å². The van der Waals surface area contributed by atoms with E-state index in [1.165, 1.54) is 25.0 Å². The Kier molecular flexibility index (Phi) is 4.96. The van der Waals surface area contributed by atoms with Crippen molar-refractivity contribution in [2.75, 3.05) is 11.1 Å². The van der Waals surface area contributed by atoms with Crippen molar-refractivity contribution in [1.29, 1.82) is 5.26 Å². The molecular formula is C14H17BrN2S. The van der Waals surface area contributed by atoms with E-state index in [2.05, 4.69) is 46.0 Å². The summed E-state index contributed by atoms with van der Waals surface area (Å²) in [6.07, 6.45) is 3.87. The molecule has 0 heterocycles. The van der Waals surface area contributed by atoms with Crippen molar-refractivity contribution in [2.24, 2.45) is 0 Å². The molecule has 1 N–H and O–H groups in total. The monoisotopic (exact) mass is 324 g/mol. The van der Waals surface area contributed by atoms with Gasteiger partial charge in [-0.25, -0.2) is 0 Å². The number of nitrogens with zero attached hydrogens (tertiary/aromatic N) is 1. The van der Waals surface area contributed by atoms with E-state index in [0.29, 0.717) is 11.6 Å². The molecule has 2 nitrogen and oxygen atoms in total. The van der Waals surface area contributed by atoms with Gasteiger partial charge < -0.3 is 5.32 Å². The van der Waals surface area contributed by atoms with Crippen LogP contribution in [0.15, 0.2) is 22.7 Å². The van der Waals surface area contributed by atoms with Crippen molar-refractivity contribution in [1.82, 2.24) is 0 Å². The summed E-state index contributed by atoms with van der Waals surface area (Å²) in [5.74, 6) is 1.18. The second-order valence-corrected chi connectivity index (χ2v) is 6.85. The van der Waals surface area contributed by atoms with Gasteiger partial charge in [-0.2, -0.15) is 17.0 Å². The van der Waals surface area contributed by atoms with Crippen molar-refractivity contribution < 1.29 is 0 Å². The highest BCUT2D eigenvalue weighted by Crippen LogP contribution is 2.32. The molecule has 1 saturated carbocycles. The van der Waals surface area contributed by atoms with Crippen LogP contribution in [0.2, 0.25) is 0 Å². The summed E-state index contributed by atoms with van der Waals surface area (Å²) in [7, 11) is 0. The molecule has 1 fully saturated rings. The lowest BCUT2D eigenvalue weighted by molar-refractivity contribution is 0.768. The molecule has 0 aromatic heterocycles. The van der Waals surface area contributed by atoms with Gasteiger partial charge in [0, 0.05) is 21.5 Å². The van der Waals surface area contributed by atoms with Gasteiger partial charge in [0.1, 0.15) is 6.07 Å². The predicted molar refractivity (Wildman–Crippen MR) is 82.0 cm³/mol. The SMILES string of the molecule is CCSC1CCCC1Nc1ccc(C#N)c(Br)c1. The average Bonchev–Trinajstić information content (AvgIpc) is 2.78. The fraction of sp³-hybridized carbons (Fsp3) is 0.500. The van der Waals surface area contributed by atoms with E-state index in [-0.39, 0.29) is 0 Å². The summed E-state index contributed by atoms with van der Waals surface area (Å²) >= 11 is 5.49. The highest BCUT2D eigenvalue weighted by atomic mass is 79.9. The van der Waals surface area contributed by atoms with Gasteiger partial charge in [0.05, 0.1) is 5.56 Å². The van der Waals surface area contributed by atoms with Crippen molar-refractivity contribution >= 4 is 33.4 Å². The first-order valence-electron chi connectivity index (χ1n) is 6.32. The van der Waals surface area contributed by atoms with Gasteiger partial charge in [-0.1, -0.05) is 13.3 Å². The van der Waals surface area contributed by atoms with Gasteiger partial charge in [-0.05, 0) is 52.7 Å². The molecule has 2 atom stereocenters. The Morgan fingerprint density at radius 2 is 2.33 bits per heavy atom. The van der Waals surface area contributed by atoms with Crippen LogP contribution in [0.5, 0.6) is 0 Å². The molecule has 96 valence electrons. The van der Waals surface area contributed by atoms with Gasteiger partial charge >= 0.3 is 0 Å². The maximum Gasteiger partial charge on any atom is 0.100 e. The Morgan fingerprint density at radius 1 is 1.50 bits per heavy atom. The van der Waals surface area contributed by atoms with Crippen LogP contribution < -0.4 is 5.32 Å². The number of hydrogen-bond acceptors (Lipinski definition) is 3. The summed E-state index contributed by atoms with van der Waals surface area (Å²) in [5, 5.41) is 13.2. The van der Waals surface area contributed by atoms with E-state index in [1.807, 2.05) is 18.2 Å². The van der Waals surface area contributed by atoms with Crippen molar-refractivity contribution in [3.8, 4) is 6.07 Å². The summed E-state index contributed by atoms with van der Waals surface area (Å²) < 4.78 is 0.868. The zero-order valence-electron chi connectivity index (χ0n) is 10.4. The average molecular weight is 325 g/mol. The fourth-order valence-corrected chi connectivity index (χ4v) is 4.08. The first kappa shape index (κ1) is 13.8. The lowest BCUT2D eigenvalue weighted by Gasteiger charge is -2.21. The first-order valence-corrected chi connectivity index (χ1v) is 8.16. The van der Waals surface area contributed by atoms with Crippen LogP contribution in [0.25, 0.3) is 0 Å². The molecule has 1 aliphatic rings. The Hall–Kier alpha value is -0.660. The molecule has 0 amide bonds. The smallest absolute Gasteiger partial charge is 0.100 e. The number of nitrogens with one attached hydrogen (secondary N) is 1. The van der Waals surface area contributed by atoms with E-state index < -0.39 is 0 Å². The summed E-state index contributed by atoms with van der Waals surface area (Å²) in [5.41, 5.74) is 1.79. The lowest BCUT2D eigenvalue weighted by Crippen LogP contribution is -2.26. The number of rotatable bonds is 4. The van der Waals surface area contributed by atoms with Gasteiger partial charge in [-0.3, -0.25) is 0 Å². The topological polar surface area (TPSA) is 35.8 Å². The highest BCUT2D eigenvalue weighted by Gasteiger charge is 2.26. The predicted octanol–water partition coefficient (Wildman–Crippen LogP) is 4.41. The van der Waals surface area contributed by atoms with Crippen LogP contribution in [0.1, 0.15) is 31.7 Å². The number of halogens is 1. The number of nitriles is 1. The van der Waals surface area contributed by atoms with E-state index in [9.17, 15) is 0 Å². The summed E-state index contributed by atoms with van der Waals surface area (Å²) in [6, 6.07) is 8.60. The number of anilines is 1. The number of hydrogen-bond donors (Lipinski definition) is 1. The Bertz CT molecular complexity index is 456. The molecule has 1 aromatic carbocycles. The van der Waals surface area contributed by atoms with Crippen LogP contribution in [0.4, 0.5) is 5.69 Å². The standard InChI is InChI=1S/C14H17BrN2S/c1-2-18-14-5-3-4-13(14)17-11-7-6-10(9-16)12(15)8-11/h6-8,13-14,17H,2-5H2,1H3. The number of thioether (sulfide) groups is 1. The number of benzene rings is 1. The van der Waals surface area contributed by atoms with Gasteiger partial charge in [0.25, 0.3) is 0 Å². The van der Waals surface area contributed by atoms with Crippen LogP contribution >= 0.6 is 27.7 Å². The second-order valence-electron chi connectivity index (χ2n) is 4.48. The minimum atomic E-state index is 0.565. The molecule has 4 heteroatoms. The van der Waals surface area contributed by atoms with E-state index >= 15 is 0 Å². The third kappa shape index (κ3) is 3.21. The quantitative estimate of drug-likeness (QED) is 0.891. The van der Waals surface area contributed by atoms with Crippen LogP contribution in [-0.4, -0.2) is 17.0 Å². The molecule has 2 unspecified atom stereocenters. The van der Waals surface area contributed by atoms with Crippen molar-refractivity contribution in [2.45, 2.75) is 37.5 Å². The van der Waals surface area contributed by atoms with Crippen molar-refractivity contribution in [3.63, 3.8) is 0 Å². The largest absolute Gasteiger partial charge is 0.381 e. The summed E-state index contributed by atoms with van der Waals surface area (Å²) in [4.78, 5) is 0. The van der Waals surface area contributed by atoms with Crippen LogP contribution in [0, 0.1) is 11.3 Å². The van der Waals surface area contributed by atoms with Gasteiger partial charge in [0.2, 0.25) is 0 Å². The van der Waals surface area contributed by atoms with Gasteiger partial charge in [0.15, 0.2) is 0 Å². The zero-order chi connectivity index (χ0) is 13.0. The zero-order valence-corrected chi connectivity index (χ0v) is 12.9. The minimum Gasteiger partial charge on any atom is -0.381 e. The molecule has 18 heavy (non-hydrogen) atoms. The maximum absolute atomic E-state index is 8.90. The molecule has 1 aromatic rings. The minimum absolute atomic E-state index is 0.565.